The predicted molar refractivity (Wildman–Crippen MR) is 80.6 cm³/mol. The number of benzene rings is 1. The molecule has 106 valence electrons. The van der Waals surface area contributed by atoms with Gasteiger partial charge in [-0.05, 0) is 43.7 Å². The molecule has 1 unspecified atom stereocenters. The van der Waals surface area contributed by atoms with Gasteiger partial charge in [0.25, 0.3) is 0 Å². The van der Waals surface area contributed by atoms with Crippen LogP contribution in [0.1, 0.15) is 29.5 Å². The van der Waals surface area contributed by atoms with E-state index in [1.165, 1.54) is 24.0 Å². The second kappa shape index (κ2) is 6.92. The molecule has 1 atom stereocenters. The molecule has 0 spiro atoms. The smallest absolute Gasteiger partial charge is 0.224 e. The zero-order valence-corrected chi connectivity index (χ0v) is 12.4. The Morgan fingerprint density at radius 1 is 1.42 bits per heavy atom. The summed E-state index contributed by atoms with van der Waals surface area (Å²) in [5, 5.41) is 3.06. The molecule has 0 saturated heterocycles. The lowest BCUT2D eigenvalue weighted by molar-refractivity contribution is -0.121. The average Bonchev–Trinajstić information content (AvgIpc) is 3.15. The fourth-order valence-electron chi connectivity index (χ4n) is 2.29. The minimum Gasteiger partial charge on any atom is -0.352 e. The maximum Gasteiger partial charge on any atom is 0.224 e. The highest BCUT2D eigenvalue weighted by Crippen LogP contribution is 2.32. The number of hydrogen-bond donors (Lipinski definition) is 2. The topological polar surface area (TPSA) is 55.1 Å². The lowest BCUT2D eigenvalue weighted by atomic mass is 10.0. The van der Waals surface area contributed by atoms with E-state index in [-0.39, 0.29) is 24.4 Å². The van der Waals surface area contributed by atoms with Gasteiger partial charge >= 0.3 is 0 Å². The van der Waals surface area contributed by atoms with E-state index in [4.69, 9.17) is 5.73 Å². The van der Waals surface area contributed by atoms with Crippen molar-refractivity contribution in [2.24, 2.45) is 11.7 Å². The second-order valence-electron chi connectivity index (χ2n) is 5.35. The normalized spacial score (nSPS) is 15.5. The molecule has 1 saturated carbocycles. The Morgan fingerprint density at radius 3 is 2.68 bits per heavy atom. The van der Waals surface area contributed by atoms with Gasteiger partial charge in [0.2, 0.25) is 5.91 Å². The molecule has 1 aromatic rings. The third-order valence-electron chi connectivity index (χ3n) is 3.65. The number of rotatable bonds is 5. The van der Waals surface area contributed by atoms with Gasteiger partial charge in [0, 0.05) is 12.6 Å². The fourth-order valence-corrected chi connectivity index (χ4v) is 2.29. The van der Waals surface area contributed by atoms with Crippen molar-refractivity contribution in [2.45, 2.75) is 39.2 Å². The Bertz CT molecular complexity index is 444. The summed E-state index contributed by atoms with van der Waals surface area (Å²) in [6.07, 6.45) is 2.86. The average molecular weight is 283 g/mol. The molecule has 19 heavy (non-hydrogen) atoms. The number of nitrogens with one attached hydrogen (secondary N) is 1. The molecule has 0 heterocycles. The first-order valence-electron chi connectivity index (χ1n) is 6.65. The van der Waals surface area contributed by atoms with E-state index in [0.717, 1.165) is 5.56 Å². The molecule has 1 fully saturated rings. The lowest BCUT2D eigenvalue weighted by Crippen LogP contribution is -2.42. The van der Waals surface area contributed by atoms with E-state index >= 15 is 0 Å². The van der Waals surface area contributed by atoms with Crippen LogP contribution in [0.4, 0.5) is 0 Å². The molecule has 0 radical (unpaired) electrons. The molecule has 1 aliphatic carbocycles. The highest BCUT2D eigenvalue weighted by atomic mass is 35.5. The van der Waals surface area contributed by atoms with E-state index < -0.39 is 0 Å². The van der Waals surface area contributed by atoms with Gasteiger partial charge in [-0.15, -0.1) is 12.4 Å². The summed E-state index contributed by atoms with van der Waals surface area (Å²) in [6, 6.07) is 6.40. The summed E-state index contributed by atoms with van der Waals surface area (Å²) in [6.45, 7) is 4.64. The first kappa shape index (κ1) is 16.0. The molecule has 3 N–H and O–H groups in total. The molecular weight excluding hydrogens is 260 g/mol. The van der Waals surface area contributed by atoms with Gasteiger partial charge in [0.1, 0.15) is 0 Å². The van der Waals surface area contributed by atoms with Crippen LogP contribution in [0.3, 0.4) is 0 Å². The van der Waals surface area contributed by atoms with Crippen molar-refractivity contribution in [3.8, 4) is 0 Å². The van der Waals surface area contributed by atoms with Crippen LogP contribution in [0.15, 0.2) is 18.2 Å². The van der Waals surface area contributed by atoms with Gasteiger partial charge < -0.3 is 11.1 Å². The summed E-state index contributed by atoms with van der Waals surface area (Å²) in [7, 11) is 0. The Hall–Kier alpha value is -1.06. The molecule has 0 bridgehead atoms. The number of nitrogens with two attached hydrogens (primary N) is 1. The van der Waals surface area contributed by atoms with E-state index in [1.807, 2.05) is 13.8 Å². The number of amides is 1. The first-order valence-corrected chi connectivity index (χ1v) is 6.65. The molecule has 1 aliphatic rings. The van der Waals surface area contributed by atoms with Crippen molar-refractivity contribution in [1.82, 2.24) is 5.32 Å². The number of halogens is 1. The zero-order chi connectivity index (χ0) is 13.1. The summed E-state index contributed by atoms with van der Waals surface area (Å²) in [5.41, 5.74) is 9.17. The number of aryl methyl sites for hydroxylation is 2. The zero-order valence-electron chi connectivity index (χ0n) is 11.6. The summed E-state index contributed by atoms with van der Waals surface area (Å²) >= 11 is 0. The third kappa shape index (κ3) is 4.51. The van der Waals surface area contributed by atoms with Crippen molar-refractivity contribution < 1.29 is 4.79 Å². The standard InChI is InChI=1S/C15H22N2O.ClH/c1-10-3-4-11(2)13(7-10)8-15(18)17-14(9-16)12-5-6-12;/h3-4,7,12,14H,5-6,8-9,16H2,1-2H3,(H,17,18);1H. The monoisotopic (exact) mass is 282 g/mol. The molecule has 2 rings (SSSR count). The quantitative estimate of drug-likeness (QED) is 0.869. The van der Waals surface area contributed by atoms with Crippen LogP contribution in [0.5, 0.6) is 0 Å². The molecule has 0 aliphatic heterocycles. The number of carbonyl (C=O) groups excluding carboxylic acids is 1. The molecule has 4 heteroatoms. The molecule has 1 amide bonds. The van der Waals surface area contributed by atoms with E-state index in [0.29, 0.717) is 18.9 Å². The van der Waals surface area contributed by atoms with Crippen molar-refractivity contribution >= 4 is 18.3 Å². The van der Waals surface area contributed by atoms with E-state index in [1.54, 1.807) is 0 Å². The molecule has 0 aromatic heterocycles. The largest absolute Gasteiger partial charge is 0.352 e. The molecular formula is C15H23ClN2O. The van der Waals surface area contributed by atoms with Crippen LogP contribution in [0, 0.1) is 19.8 Å². The second-order valence-corrected chi connectivity index (χ2v) is 5.35. The van der Waals surface area contributed by atoms with Crippen molar-refractivity contribution in [1.29, 1.82) is 0 Å². The van der Waals surface area contributed by atoms with Crippen LogP contribution in [-0.4, -0.2) is 18.5 Å². The Balaban J connectivity index is 0.00000180. The minimum absolute atomic E-state index is 0. The van der Waals surface area contributed by atoms with E-state index in [9.17, 15) is 4.79 Å². The Labute approximate surface area is 121 Å². The van der Waals surface area contributed by atoms with Gasteiger partial charge in [-0.1, -0.05) is 23.8 Å². The summed E-state index contributed by atoms with van der Waals surface area (Å²) in [4.78, 5) is 12.0. The van der Waals surface area contributed by atoms with Crippen molar-refractivity contribution in [3.63, 3.8) is 0 Å². The maximum absolute atomic E-state index is 12.0. The fraction of sp³-hybridized carbons (Fsp3) is 0.533. The number of carbonyl (C=O) groups is 1. The van der Waals surface area contributed by atoms with Crippen LogP contribution in [-0.2, 0) is 11.2 Å². The van der Waals surface area contributed by atoms with Crippen LogP contribution < -0.4 is 11.1 Å². The summed E-state index contributed by atoms with van der Waals surface area (Å²) in [5.74, 6) is 0.698. The lowest BCUT2D eigenvalue weighted by Gasteiger charge is -2.16. The van der Waals surface area contributed by atoms with Gasteiger partial charge in [0.15, 0.2) is 0 Å². The van der Waals surface area contributed by atoms with Gasteiger partial charge in [-0.3, -0.25) is 4.79 Å². The van der Waals surface area contributed by atoms with Crippen molar-refractivity contribution in [3.05, 3.63) is 34.9 Å². The highest BCUT2D eigenvalue weighted by Gasteiger charge is 2.31. The van der Waals surface area contributed by atoms with Gasteiger partial charge in [-0.2, -0.15) is 0 Å². The maximum atomic E-state index is 12.0. The molecule has 3 nitrogen and oxygen atoms in total. The van der Waals surface area contributed by atoms with Crippen molar-refractivity contribution in [2.75, 3.05) is 6.54 Å². The van der Waals surface area contributed by atoms with Crippen LogP contribution in [0.2, 0.25) is 0 Å². The van der Waals surface area contributed by atoms with Gasteiger partial charge in [-0.25, -0.2) is 0 Å². The third-order valence-corrected chi connectivity index (χ3v) is 3.65. The van der Waals surface area contributed by atoms with Crippen LogP contribution >= 0.6 is 12.4 Å². The number of hydrogen-bond acceptors (Lipinski definition) is 2. The van der Waals surface area contributed by atoms with E-state index in [2.05, 4.69) is 23.5 Å². The first-order chi connectivity index (χ1) is 8.60. The van der Waals surface area contributed by atoms with Gasteiger partial charge in [0.05, 0.1) is 6.42 Å². The highest BCUT2D eigenvalue weighted by molar-refractivity contribution is 5.85. The molecule has 1 aromatic carbocycles. The van der Waals surface area contributed by atoms with Crippen LogP contribution in [0.25, 0.3) is 0 Å². The Morgan fingerprint density at radius 2 is 2.11 bits per heavy atom. The SMILES string of the molecule is Cc1ccc(C)c(CC(=O)NC(CN)C2CC2)c1.Cl. The predicted octanol–water partition coefficient (Wildman–Crippen LogP) is 2.12. The Kier molecular flexibility index (Phi) is 5.83. The summed E-state index contributed by atoms with van der Waals surface area (Å²) < 4.78 is 0. The minimum atomic E-state index is 0.